The Morgan fingerprint density at radius 1 is 1.39 bits per heavy atom. The Labute approximate surface area is 139 Å². The largest absolute Gasteiger partial charge is 0.393 e. The fourth-order valence-corrected chi connectivity index (χ4v) is 3.00. The molecule has 0 aliphatic heterocycles. The molecule has 1 aliphatic carbocycles. The number of aromatic nitrogens is 2. The Morgan fingerprint density at radius 3 is 2.87 bits per heavy atom. The molecule has 1 atom stereocenters. The van der Waals surface area contributed by atoms with E-state index in [4.69, 9.17) is 11.6 Å². The lowest BCUT2D eigenvalue weighted by molar-refractivity contribution is 0.0238. The van der Waals surface area contributed by atoms with E-state index in [9.17, 15) is 9.90 Å². The molecule has 0 radical (unpaired) electrons. The lowest BCUT2D eigenvalue weighted by atomic mass is 9.76. The van der Waals surface area contributed by atoms with Crippen molar-refractivity contribution < 1.29 is 9.90 Å². The highest BCUT2D eigenvalue weighted by Gasteiger charge is 2.35. The molecular weight excluding hydrogens is 314 g/mol. The van der Waals surface area contributed by atoms with Crippen molar-refractivity contribution >= 4 is 17.5 Å². The summed E-state index contributed by atoms with van der Waals surface area (Å²) in [6.07, 6.45) is 6.50. The number of pyridine rings is 2. The summed E-state index contributed by atoms with van der Waals surface area (Å²) in [5, 5.41) is 13.0. The molecule has 3 rings (SSSR count). The minimum Gasteiger partial charge on any atom is -0.393 e. The summed E-state index contributed by atoms with van der Waals surface area (Å²) >= 11 is 5.89. The van der Waals surface area contributed by atoms with Crippen molar-refractivity contribution in [1.82, 2.24) is 15.3 Å². The minimum atomic E-state index is -0.268. The van der Waals surface area contributed by atoms with E-state index in [2.05, 4.69) is 15.3 Å². The predicted molar refractivity (Wildman–Crippen MR) is 87.2 cm³/mol. The van der Waals surface area contributed by atoms with Crippen LogP contribution >= 0.6 is 11.6 Å². The highest BCUT2D eigenvalue weighted by molar-refractivity contribution is 6.30. The summed E-state index contributed by atoms with van der Waals surface area (Å²) in [6.45, 7) is 0. The average Bonchev–Trinajstić information content (AvgIpc) is 2.52. The maximum absolute atomic E-state index is 12.4. The molecule has 1 saturated carbocycles. The van der Waals surface area contributed by atoms with Gasteiger partial charge in [0.1, 0.15) is 0 Å². The second kappa shape index (κ2) is 7.06. The van der Waals surface area contributed by atoms with Crippen molar-refractivity contribution in [2.24, 2.45) is 5.92 Å². The van der Waals surface area contributed by atoms with Gasteiger partial charge in [0.05, 0.1) is 16.7 Å². The van der Waals surface area contributed by atoms with Gasteiger partial charge in [0, 0.05) is 36.7 Å². The van der Waals surface area contributed by atoms with Gasteiger partial charge in [0.15, 0.2) is 0 Å². The van der Waals surface area contributed by atoms with E-state index in [0.29, 0.717) is 29.8 Å². The van der Waals surface area contributed by atoms with Gasteiger partial charge in [0.2, 0.25) is 0 Å². The quantitative estimate of drug-likeness (QED) is 0.881. The van der Waals surface area contributed by atoms with Crippen molar-refractivity contribution in [2.75, 3.05) is 0 Å². The normalized spacial score (nSPS) is 21.3. The Bertz CT molecular complexity index is 675. The SMILES string of the molecule is O=C(N[C@H](Cc1ccccn1)C1CC(O)C1)c1cncc(Cl)c1. The molecule has 1 amide bonds. The summed E-state index contributed by atoms with van der Waals surface area (Å²) in [4.78, 5) is 20.7. The Hall–Kier alpha value is -1.98. The van der Waals surface area contributed by atoms with Crippen molar-refractivity contribution in [3.63, 3.8) is 0 Å². The predicted octanol–water partition coefficient (Wildman–Crippen LogP) is 2.24. The van der Waals surface area contributed by atoms with Gasteiger partial charge >= 0.3 is 0 Å². The van der Waals surface area contributed by atoms with E-state index >= 15 is 0 Å². The molecule has 5 nitrogen and oxygen atoms in total. The Kier molecular flexibility index (Phi) is 4.88. The number of carbonyl (C=O) groups excluding carboxylic acids is 1. The molecule has 2 N–H and O–H groups in total. The van der Waals surface area contributed by atoms with Crippen LogP contribution in [0.15, 0.2) is 42.9 Å². The standard InChI is InChI=1S/C17H18ClN3O2/c18-13-5-12(9-19-10-13)17(23)21-16(11-6-15(22)7-11)8-14-3-1-2-4-20-14/h1-5,9-11,15-16,22H,6-8H2,(H,21,23)/t11?,15?,16-/m1/s1. The number of hydrogen-bond acceptors (Lipinski definition) is 4. The average molecular weight is 332 g/mol. The van der Waals surface area contributed by atoms with E-state index in [1.165, 1.54) is 12.4 Å². The van der Waals surface area contributed by atoms with Crippen molar-refractivity contribution in [1.29, 1.82) is 0 Å². The molecule has 0 spiro atoms. The lowest BCUT2D eigenvalue weighted by Gasteiger charge is -2.38. The number of halogens is 1. The number of rotatable bonds is 5. The maximum Gasteiger partial charge on any atom is 0.253 e. The number of nitrogens with one attached hydrogen (secondary N) is 1. The van der Waals surface area contributed by atoms with Crippen LogP contribution in [-0.2, 0) is 6.42 Å². The van der Waals surface area contributed by atoms with Crippen LogP contribution in [-0.4, -0.2) is 33.1 Å². The number of aliphatic hydroxyl groups excluding tert-OH is 1. The number of carbonyl (C=O) groups is 1. The van der Waals surface area contributed by atoms with E-state index in [0.717, 1.165) is 5.69 Å². The van der Waals surface area contributed by atoms with Gasteiger partial charge in [-0.15, -0.1) is 0 Å². The molecule has 1 aliphatic rings. The van der Waals surface area contributed by atoms with Gasteiger partial charge in [-0.3, -0.25) is 14.8 Å². The van der Waals surface area contributed by atoms with Crippen molar-refractivity contribution in [3.05, 3.63) is 59.1 Å². The van der Waals surface area contributed by atoms with Crippen molar-refractivity contribution in [3.8, 4) is 0 Å². The van der Waals surface area contributed by atoms with Gasteiger partial charge in [0.25, 0.3) is 5.91 Å². The van der Waals surface area contributed by atoms with Crippen LogP contribution in [0, 0.1) is 5.92 Å². The molecule has 0 bridgehead atoms. The molecule has 120 valence electrons. The molecule has 1 fully saturated rings. The van der Waals surface area contributed by atoms with E-state index in [1.807, 2.05) is 18.2 Å². The zero-order valence-electron chi connectivity index (χ0n) is 12.5. The molecule has 6 heteroatoms. The van der Waals surface area contributed by atoms with Crippen LogP contribution in [0.1, 0.15) is 28.9 Å². The topological polar surface area (TPSA) is 75.1 Å². The first kappa shape index (κ1) is 15.9. The third kappa shape index (κ3) is 4.06. The Morgan fingerprint density at radius 2 is 2.22 bits per heavy atom. The van der Waals surface area contributed by atoms with Gasteiger partial charge in [-0.25, -0.2) is 0 Å². The molecular formula is C17H18ClN3O2. The molecule has 23 heavy (non-hydrogen) atoms. The maximum atomic E-state index is 12.4. The van der Waals surface area contributed by atoms with Gasteiger partial charge in [-0.05, 0) is 37.0 Å². The summed E-state index contributed by atoms with van der Waals surface area (Å²) < 4.78 is 0. The second-order valence-corrected chi connectivity index (χ2v) is 6.32. The van der Waals surface area contributed by atoms with Gasteiger partial charge < -0.3 is 10.4 Å². The van der Waals surface area contributed by atoms with E-state index in [-0.39, 0.29) is 24.0 Å². The Balaban J connectivity index is 1.72. The van der Waals surface area contributed by atoms with E-state index in [1.54, 1.807) is 12.3 Å². The van der Waals surface area contributed by atoms with Crippen LogP contribution in [0.25, 0.3) is 0 Å². The fourth-order valence-electron chi connectivity index (χ4n) is 2.83. The first-order valence-electron chi connectivity index (χ1n) is 7.61. The third-order valence-electron chi connectivity index (χ3n) is 4.16. The monoisotopic (exact) mass is 331 g/mol. The summed E-state index contributed by atoms with van der Waals surface area (Å²) in [6, 6.07) is 7.26. The van der Waals surface area contributed by atoms with Crippen molar-refractivity contribution in [2.45, 2.75) is 31.4 Å². The first-order chi connectivity index (χ1) is 11.1. The molecule has 2 aromatic heterocycles. The zero-order valence-corrected chi connectivity index (χ0v) is 13.3. The number of amides is 1. The van der Waals surface area contributed by atoms with Crippen LogP contribution in [0.4, 0.5) is 0 Å². The molecule has 0 saturated heterocycles. The zero-order chi connectivity index (χ0) is 16.2. The van der Waals surface area contributed by atoms with Gasteiger partial charge in [-0.2, -0.15) is 0 Å². The summed E-state index contributed by atoms with van der Waals surface area (Å²) in [7, 11) is 0. The van der Waals surface area contributed by atoms with Crippen LogP contribution in [0.2, 0.25) is 5.02 Å². The minimum absolute atomic E-state index is 0.0696. The molecule has 2 aromatic rings. The van der Waals surface area contributed by atoms with Crippen LogP contribution < -0.4 is 5.32 Å². The van der Waals surface area contributed by atoms with Crippen LogP contribution in [0.3, 0.4) is 0 Å². The number of nitrogens with zero attached hydrogens (tertiary/aromatic N) is 2. The molecule has 0 aromatic carbocycles. The third-order valence-corrected chi connectivity index (χ3v) is 4.36. The van der Waals surface area contributed by atoms with Crippen LogP contribution in [0.5, 0.6) is 0 Å². The van der Waals surface area contributed by atoms with E-state index < -0.39 is 0 Å². The summed E-state index contributed by atoms with van der Waals surface area (Å²) in [5.74, 6) is 0.0467. The lowest BCUT2D eigenvalue weighted by Crippen LogP contribution is -2.48. The highest BCUT2D eigenvalue weighted by Crippen LogP contribution is 2.31. The molecule has 2 heterocycles. The van der Waals surface area contributed by atoms with Gasteiger partial charge in [-0.1, -0.05) is 17.7 Å². The smallest absolute Gasteiger partial charge is 0.253 e. The highest BCUT2D eigenvalue weighted by atomic mass is 35.5. The summed E-state index contributed by atoms with van der Waals surface area (Å²) in [5.41, 5.74) is 1.35. The molecule has 0 unspecified atom stereocenters. The second-order valence-electron chi connectivity index (χ2n) is 5.88. The number of aliphatic hydroxyl groups is 1. The fraction of sp³-hybridized carbons (Fsp3) is 0.353. The first-order valence-corrected chi connectivity index (χ1v) is 7.99. The number of hydrogen-bond donors (Lipinski definition) is 2.